The van der Waals surface area contributed by atoms with Crippen molar-refractivity contribution in [1.82, 2.24) is 14.5 Å². The lowest BCUT2D eigenvalue weighted by Gasteiger charge is -2.28. The van der Waals surface area contributed by atoms with Crippen LogP contribution in [-0.4, -0.2) is 46.7 Å². The maximum absolute atomic E-state index is 13.0. The molecule has 6 rings (SSSR count). The summed E-state index contributed by atoms with van der Waals surface area (Å²) < 4.78 is 7.33. The fraction of sp³-hybridized carbons (Fsp3) is 0.167. The summed E-state index contributed by atoms with van der Waals surface area (Å²) in [6, 6.07) is 25.7. The minimum atomic E-state index is -0.127. The number of amides is 1. The number of nitrogens with zero attached hydrogens (tertiary/aromatic N) is 4. The number of allylic oxidation sites excluding steroid dienone is 1. The lowest BCUT2D eigenvalue weighted by Crippen LogP contribution is -2.36. The van der Waals surface area contributed by atoms with E-state index in [1.807, 2.05) is 89.6 Å². The normalized spacial score (nSPS) is 14.1. The number of hydrogen-bond donors (Lipinski definition) is 2. The smallest absolute Gasteiger partial charge is 0.244 e. The monoisotopic (exact) mass is 502 g/mol. The van der Waals surface area contributed by atoms with Gasteiger partial charge in [0.05, 0.1) is 29.8 Å². The third kappa shape index (κ3) is 4.75. The average Bonchev–Trinajstić information content (AvgIpc) is 3.54. The molecule has 5 aromatic rings. The Morgan fingerprint density at radius 3 is 2.61 bits per heavy atom. The number of morpholine rings is 1. The Morgan fingerprint density at radius 2 is 1.82 bits per heavy atom. The van der Waals surface area contributed by atoms with Crippen molar-refractivity contribution >= 4 is 50.9 Å². The minimum Gasteiger partial charge on any atom is -0.378 e. The molecule has 0 radical (unpaired) electrons. The first-order chi connectivity index (χ1) is 18.7. The molecule has 0 bridgehead atoms. The topological polar surface area (TPSA) is 99.0 Å². The van der Waals surface area contributed by atoms with E-state index in [0.29, 0.717) is 11.4 Å². The van der Waals surface area contributed by atoms with Crippen LogP contribution in [0.5, 0.6) is 0 Å². The molecule has 1 amide bonds. The molecule has 1 aliphatic heterocycles. The van der Waals surface area contributed by atoms with Crippen molar-refractivity contribution in [3.8, 4) is 6.07 Å². The molecule has 2 N–H and O–H groups in total. The van der Waals surface area contributed by atoms with E-state index in [4.69, 9.17) is 4.74 Å². The van der Waals surface area contributed by atoms with Crippen molar-refractivity contribution in [3.05, 3.63) is 90.4 Å². The molecule has 38 heavy (non-hydrogen) atoms. The average molecular weight is 503 g/mol. The largest absolute Gasteiger partial charge is 0.378 e. The first-order valence-corrected chi connectivity index (χ1v) is 12.6. The Balaban J connectivity index is 1.23. The van der Waals surface area contributed by atoms with Gasteiger partial charge in [-0.3, -0.25) is 4.79 Å². The second-order valence-corrected chi connectivity index (χ2v) is 9.20. The number of benzene rings is 3. The van der Waals surface area contributed by atoms with Gasteiger partial charge in [0.1, 0.15) is 18.4 Å². The van der Waals surface area contributed by atoms with Crippen LogP contribution in [0.3, 0.4) is 0 Å². The number of nitrogens with one attached hydrogen (secondary N) is 2. The first kappa shape index (κ1) is 23.5. The van der Waals surface area contributed by atoms with Gasteiger partial charge in [-0.1, -0.05) is 30.3 Å². The summed E-state index contributed by atoms with van der Waals surface area (Å²) in [6.07, 6.45) is 3.73. The van der Waals surface area contributed by atoms with Gasteiger partial charge in [0.2, 0.25) is 5.91 Å². The number of anilines is 2. The second kappa shape index (κ2) is 10.2. The Labute approximate surface area is 219 Å². The fourth-order valence-corrected chi connectivity index (χ4v) is 4.84. The number of fused-ring (bicyclic) bond motifs is 2. The van der Waals surface area contributed by atoms with Gasteiger partial charge in [-0.15, -0.1) is 0 Å². The van der Waals surface area contributed by atoms with E-state index in [9.17, 15) is 10.1 Å². The van der Waals surface area contributed by atoms with E-state index in [1.165, 1.54) is 0 Å². The SMILES string of the molecule is N#C/C(=C\c1cn(CC(=O)Nc2ccc(N3CCOCC3)cc2)c2ccccc12)c1nc2ccccc2[nH]1. The number of carbonyl (C=O) groups is 1. The summed E-state index contributed by atoms with van der Waals surface area (Å²) in [5, 5.41) is 13.9. The highest BCUT2D eigenvalue weighted by atomic mass is 16.5. The quantitative estimate of drug-likeness (QED) is 0.316. The molecule has 3 aromatic carbocycles. The third-order valence-corrected chi connectivity index (χ3v) is 6.73. The van der Waals surface area contributed by atoms with Gasteiger partial charge in [-0.2, -0.15) is 5.26 Å². The molecule has 0 saturated carbocycles. The van der Waals surface area contributed by atoms with Crippen LogP contribution in [0.25, 0.3) is 33.6 Å². The summed E-state index contributed by atoms with van der Waals surface area (Å²) >= 11 is 0. The summed E-state index contributed by atoms with van der Waals surface area (Å²) in [5.41, 5.74) is 5.74. The minimum absolute atomic E-state index is 0.127. The van der Waals surface area contributed by atoms with Crippen LogP contribution in [0.2, 0.25) is 0 Å². The van der Waals surface area contributed by atoms with Gasteiger partial charge in [-0.05, 0) is 48.5 Å². The van der Waals surface area contributed by atoms with E-state index < -0.39 is 0 Å². The molecule has 188 valence electrons. The number of para-hydroxylation sites is 3. The Kier molecular flexibility index (Phi) is 6.34. The van der Waals surface area contributed by atoms with Gasteiger partial charge >= 0.3 is 0 Å². The van der Waals surface area contributed by atoms with Gasteiger partial charge < -0.3 is 24.5 Å². The maximum Gasteiger partial charge on any atom is 0.244 e. The van der Waals surface area contributed by atoms with Crippen molar-refractivity contribution < 1.29 is 9.53 Å². The fourth-order valence-electron chi connectivity index (χ4n) is 4.84. The van der Waals surface area contributed by atoms with E-state index in [2.05, 4.69) is 26.3 Å². The van der Waals surface area contributed by atoms with Crippen molar-refractivity contribution in [1.29, 1.82) is 5.26 Å². The van der Waals surface area contributed by atoms with Crippen LogP contribution in [0.15, 0.2) is 79.0 Å². The van der Waals surface area contributed by atoms with Crippen molar-refractivity contribution in [2.45, 2.75) is 6.54 Å². The molecule has 1 fully saturated rings. The van der Waals surface area contributed by atoms with Crippen molar-refractivity contribution in [2.75, 3.05) is 36.5 Å². The number of H-pyrrole nitrogens is 1. The van der Waals surface area contributed by atoms with Crippen LogP contribution in [0.4, 0.5) is 11.4 Å². The van der Waals surface area contributed by atoms with Crippen molar-refractivity contribution in [2.24, 2.45) is 0 Å². The Hall–Kier alpha value is -4.87. The van der Waals surface area contributed by atoms with Gasteiger partial charge in [-0.25, -0.2) is 4.98 Å². The Morgan fingerprint density at radius 1 is 1.05 bits per heavy atom. The highest BCUT2D eigenvalue weighted by Crippen LogP contribution is 2.27. The molecule has 8 nitrogen and oxygen atoms in total. The van der Waals surface area contributed by atoms with E-state index in [0.717, 1.165) is 65.2 Å². The number of ether oxygens (including phenoxy) is 1. The summed E-state index contributed by atoms with van der Waals surface area (Å²) in [4.78, 5) is 23.0. The lowest BCUT2D eigenvalue weighted by molar-refractivity contribution is -0.116. The van der Waals surface area contributed by atoms with Gasteiger partial charge in [0.25, 0.3) is 0 Å². The van der Waals surface area contributed by atoms with Crippen LogP contribution >= 0.6 is 0 Å². The molecule has 1 saturated heterocycles. The standard InChI is InChI=1S/C30H26N6O2/c31-18-21(30-33-26-6-2-3-7-27(26)34-30)17-22-19-36(28-8-4-1-5-25(22)28)20-29(37)32-23-9-11-24(12-10-23)35-13-15-38-16-14-35/h1-12,17,19H,13-16,20H2,(H,32,37)(H,33,34)/b21-17+. The van der Waals surface area contributed by atoms with Crippen LogP contribution < -0.4 is 10.2 Å². The van der Waals surface area contributed by atoms with Crippen molar-refractivity contribution in [3.63, 3.8) is 0 Å². The van der Waals surface area contributed by atoms with Gasteiger partial charge in [0, 0.05) is 47.1 Å². The lowest BCUT2D eigenvalue weighted by atomic mass is 10.1. The molecule has 2 aromatic heterocycles. The second-order valence-electron chi connectivity index (χ2n) is 9.20. The first-order valence-electron chi connectivity index (χ1n) is 12.6. The van der Waals surface area contributed by atoms with Crippen LogP contribution in [0.1, 0.15) is 11.4 Å². The summed E-state index contributed by atoms with van der Waals surface area (Å²) in [7, 11) is 0. The molecular formula is C30H26N6O2. The number of imidazole rings is 1. The predicted octanol–water partition coefficient (Wildman–Crippen LogP) is 5.06. The highest BCUT2D eigenvalue weighted by molar-refractivity contribution is 5.99. The van der Waals surface area contributed by atoms with Crippen LogP contribution in [-0.2, 0) is 16.1 Å². The molecule has 0 atom stereocenters. The molecule has 1 aliphatic rings. The predicted molar refractivity (Wildman–Crippen MR) is 150 cm³/mol. The third-order valence-electron chi connectivity index (χ3n) is 6.73. The maximum atomic E-state index is 13.0. The highest BCUT2D eigenvalue weighted by Gasteiger charge is 2.14. The molecule has 0 unspecified atom stereocenters. The molecule has 8 heteroatoms. The number of rotatable bonds is 6. The van der Waals surface area contributed by atoms with E-state index >= 15 is 0 Å². The van der Waals surface area contributed by atoms with Crippen LogP contribution in [0, 0.1) is 11.3 Å². The zero-order valence-electron chi connectivity index (χ0n) is 20.7. The Bertz CT molecular complexity index is 1650. The number of nitriles is 1. The summed E-state index contributed by atoms with van der Waals surface area (Å²) in [5.74, 6) is 0.391. The number of aromatic amines is 1. The number of aromatic nitrogens is 3. The van der Waals surface area contributed by atoms with Gasteiger partial charge in [0.15, 0.2) is 0 Å². The van der Waals surface area contributed by atoms with E-state index in [-0.39, 0.29) is 12.5 Å². The molecule has 0 spiro atoms. The number of hydrogen-bond acceptors (Lipinski definition) is 5. The molecule has 0 aliphatic carbocycles. The van der Waals surface area contributed by atoms with E-state index in [1.54, 1.807) is 0 Å². The number of carbonyl (C=O) groups excluding carboxylic acids is 1. The zero-order chi connectivity index (χ0) is 25.9. The zero-order valence-corrected chi connectivity index (χ0v) is 20.7. The molecule has 3 heterocycles. The summed E-state index contributed by atoms with van der Waals surface area (Å²) in [6.45, 7) is 3.34. The molecular weight excluding hydrogens is 476 g/mol.